The minimum absolute atomic E-state index is 0.00112. The van der Waals surface area contributed by atoms with Gasteiger partial charge < -0.3 is 10.1 Å². The molecule has 1 aliphatic heterocycles. The van der Waals surface area contributed by atoms with Crippen molar-refractivity contribution in [3.8, 4) is 0 Å². The lowest BCUT2D eigenvalue weighted by molar-refractivity contribution is 0.107. The highest BCUT2D eigenvalue weighted by Gasteiger charge is 2.25. The molecule has 2 aromatic rings. The second kappa shape index (κ2) is 7.62. The van der Waals surface area contributed by atoms with Gasteiger partial charge in [0.05, 0.1) is 30.6 Å². The molecule has 0 bridgehead atoms. The predicted octanol–water partition coefficient (Wildman–Crippen LogP) is 2.58. The van der Waals surface area contributed by atoms with Crippen LogP contribution >= 0.6 is 0 Å². The molecule has 7 nitrogen and oxygen atoms in total. The molecule has 2 aliphatic carbocycles. The van der Waals surface area contributed by atoms with Crippen LogP contribution in [-0.4, -0.2) is 32.6 Å². The Bertz CT molecular complexity index is 917. The molecule has 2 aromatic heterocycles. The first-order valence-corrected chi connectivity index (χ1v) is 10.6. The van der Waals surface area contributed by atoms with Crippen molar-refractivity contribution >= 4 is 5.82 Å². The molecule has 3 heterocycles. The van der Waals surface area contributed by atoms with Crippen molar-refractivity contribution in [1.82, 2.24) is 20.0 Å². The van der Waals surface area contributed by atoms with Gasteiger partial charge in [-0.05, 0) is 63.0 Å². The third-order valence-corrected chi connectivity index (χ3v) is 6.33. The molecule has 1 fully saturated rings. The summed E-state index contributed by atoms with van der Waals surface area (Å²) in [5.74, 6) is 0.896. The van der Waals surface area contributed by atoms with Gasteiger partial charge in [0.1, 0.15) is 5.82 Å². The molecule has 7 heteroatoms. The van der Waals surface area contributed by atoms with Gasteiger partial charge in [0.25, 0.3) is 5.56 Å². The zero-order chi connectivity index (χ0) is 18.9. The van der Waals surface area contributed by atoms with Gasteiger partial charge in [-0.3, -0.25) is 4.79 Å². The maximum Gasteiger partial charge on any atom is 0.267 e. The minimum atomic E-state index is 0.00112. The van der Waals surface area contributed by atoms with Crippen LogP contribution in [0, 0.1) is 0 Å². The average Bonchev–Trinajstić information content (AvgIpc) is 2.74. The monoisotopic (exact) mass is 381 g/mol. The molecule has 0 saturated heterocycles. The molecule has 148 valence electrons. The summed E-state index contributed by atoms with van der Waals surface area (Å²) in [5, 5.41) is 17.1. The summed E-state index contributed by atoms with van der Waals surface area (Å²) in [5.41, 5.74) is 4.50. The number of ether oxygens (including phenoxy) is 1. The fourth-order valence-electron chi connectivity index (χ4n) is 4.73. The third kappa shape index (κ3) is 3.55. The molecule has 1 saturated carbocycles. The number of fused-ring (bicyclic) bond motifs is 2. The Hall–Kier alpha value is -2.28. The second-order valence-corrected chi connectivity index (χ2v) is 8.26. The van der Waals surface area contributed by atoms with Gasteiger partial charge in [0, 0.05) is 24.1 Å². The van der Waals surface area contributed by atoms with Crippen molar-refractivity contribution in [3.63, 3.8) is 0 Å². The summed E-state index contributed by atoms with van der Waals surface area (Å²) in [7, 11) is 0. The van der Waals surface area contributed by atoms with Crippen molar-refractivity contribution in [2.75, 3.05) is 11.9 Å². The second-order valence-electron chi connectivity index (χ2n) is 8.26. The van der Waals surface area contributed by atoms with Gasteiger partial charge in [-0.15, -0.1) is 5.10 Å². The van der Waals surface area contributed by atoms with Gasteiger partial charge in [-0.25, -0.2) is 4.68 Å². The van der Waals surface area contributed by atoms with E-state index >= 15 is 0 Å². The fourth-order valence-corrected chi connectivity index (χ4v) is 4.73. The predicted molar refractivity (Wildman–Crippen MR) is 105 cm³/mol. The van der Waals surface area contributed by atoms with Crippen LogP contribution in [0.15, 0.2) is 16.9 Å². The highest BCUT2D eigenvalue weighted by atomic mass is 16.5. The Kier molecular flexibility index (Phi) is 4.84. The first kappa shape index (κ1) is 17.8. The number of rotatable bonds is 3. The van der Waals surface area contributed by atoms with E-state index in [4.69, 9.17) is 4.74 Å². The molecule has 0 aromatic carbocycles. The molecule has 28 heavy (non-hydrogen) atoms. The zero-order valence-electron chi connectivity index (χ0n) is 16.2. The van der Waals surface area contributed by atoms with Crippen molar-refractivity contribution in [1.29, 1.82) is 0 Å². The molecular formula is C21H27N5O2. The van der Waals surface area contributed by atoms with Gasteiger partial charge >= 0.3 is 0 Å². The van der Waals surface area contributed by atoms with E-state index in [0.29, 0.717) is 19.3 Å². The van der Waals surface area contributed by atoms with E-state index in [1.807, 2.05) is 0 Å². The summed E-state index contributed by atoms with van der Waals surface area (Å²) in [4.78, 5) is 12.5. The van der Waals surface area contributed by atoms with E-state index < -0.39 is 0 Å². The van der Waals surface area contributed by atoms with E-state index in [-0.39, 0.29) is 11.6 Å². The number of nitrogens with one attached hydrogen (secondary N) is 1. The van der Waals surface area contributed by atoms with Crippen LogP contribution in [0.25, 0.3) is 0 Å². The van der Waals surface area contributed by atoms with Gasteiger partial charge in [0.2, 0.25) is 0 Å². The van der Waals surface area contributed by atoms with Crippen molar-refractivity contribution in [2.24, 2.45) is 0 Å². The number of nitrogens with zero attached hydrogens (tertiary/aromatic N) is 4. The SMILES string of the molecule is O=c1cc2c(nn1C1CCC(Nc3cc4c(nn3)CCCC4)CC1)CCOC2. The standard InChI is InChI=1S/C21H27N5O2/c27-21-12-15-13-28-10-9-19(15)25-26(21)17-7-5-16(6-8-17)22-20-11-14-3-1-2-4-18(14)23-24-20/h11-12,16-17H,1-10,13H2,(H,22,24). The molecule has 3 aliphatic rings. The number of aryl methyl sites for hydroxylation is 2. The van der Waals surface area contributed by atoms with Crippen LogP contribution in [-0.2, 0) is 30.6 Å². The first-order chi connectivity index (χ1) is 13.8. The Balaban J connectivity index is 1.24. The lowest BCUT2D eigenvalue weighted by atomic mass is 9.91. The lowest BCUT2D eigenvalue weighted by Crippen LogP contribution is -2.35. The highest BCUT2D eigenvalue weighted by Crippen LogP contribution is 2.29. The molecule has 0 atom stereocenters. The molecule has 0 amide bonds. The van der Waals surface area contributed by atoms with Crippen LogP contribution in [0.3, 0.4) is 0 Å². The first-order valence-electron chi connectivity index (χ1n) is 10.6. The fraction of sp³-hybridized carbons (Fsp3) is 0.619. The summed E-state index contributed by atoms with van der Waals surface area (Å²) in [6.45, 7) is 1.20. The van der Waals surface area contributed by atoms with Crippen molar-refractivity contribution in [2.45, 2.75) is 76.5 Å². The minimum Gasteiger partial charge on any atom is -0.376 e. The summed E-state index contributed by atoms with van der Waals surface area (Å²) in [6, 6.07) is 4.47. The Labute approximate surface area is 164 Å². The Morgan fingerprint density at radius 2 is 1.82 bits per heavy atom. The molecular weight excluding hydrogens is 354 g/mol. The van der Waals surface area contributed by atoms with Crippen LogP contribution in [0.1, 0.15) is 67.1 Å². The average molecular weight is 381 g/mol. The van der Waals surface area contributed by atoms with Gasteiger partial charge in [0.15, 0.2) is 0 Å². The maximum atomic E-state index is 12.5. The number of anilines is 1. The maximum absolute atomic E-state index is 12.5. The van der Waals surface area contributed by atoms with Gasteiger partial charge in [-0.2, -0.15) is 10.2 Å². The summed E-state index contributed by atoms with van der Waals surface area (Å²) in [6.07, 6.45) is 9.38. The van der Waals surface area contributed by atoms with E-state index in [9.17, 15) is 4.79 Å². The number of hydrogen-bond acceptors (Lipinski definition) is 6. The van der Waals surface area contributed by atoms with E-state index in [1.54, 1.807) is 10.7 Å². The highest BCUT2D eigenvalue weighted by molar-refractivity contribution is 5.40. The smallest absolute Gasteiger partial charge is 0.267 e. The van der Waals surface area contributed by atoms with Crippen LogP contribution < -0.4 is 10.9 Å². The van der Waals surface area contributed by atoms with E-state index in [0.717, 1.165) is 62.0 Å². The third-order valence-electron chi connectivity index (χ3n) is 6.33. The Morgan fingerprint density at radius 1 is 0.964 bits per heavy atom. The van der Waals surface area contributed by atoms with Crippen LogP contribution in [0.5, 0.6) is 0 Å². The van der Waals surface area contributed by atoms with E-state index in [1.165, 1.54) is 24.1 Å². The van der Waals surface area contributed by atoms with Crippen molar-refractivity contribution < 1.29 is 4.74 Å². The molecule has 1 N–H and O–H groups in total. The topological polar surface area (TPSA) is 81.9 Å². The summed E-state index contributed by atoms with van der Waals surface area (Å²) >= 11 is 0. The quantitative estimate of drug-likeness (QED) is 0.880. The molecule has 0 radical (unpaired) electrons. The van der Waals surface area contributed by atoms with Crippen LogP contribution in [0.2, 0.25) is 0 Å². The molecule has 0 unspecified atom stereocenters. The van der Waals surface area contributed by atoms with E-state index in [2.05, 4.69) is 26.7 Å². The molecule has 5 rings (SSSR count). The van der Waals surface area contributed by atoms with Crippen LogP contribution in [0.4, 0.5) is 5.82 Å². The Morgan fingerprint density at radius 3 is 2.71 bits per heavy atom. The zero-order valence-corrected chi connectivity index (χ0v) is 16.2. The lowest BCUT2D eigenvalue weighted by Gasteiger charge is -2.30. The normalized spacial score (nSPS) is 24.3. The molecule has 0 spiro atoms. The largest absolute Gasteiger partial charge is 0.376 e. The van der Waals surface area contributed by atoms with Crippen molar-refractivity contribution in [3.05, 3.63) is 45.0 Å². The summed E-state index contributed by atoms with van der Waals surface area (Å²) < 4.78 is 7.16. The number of hydrogen-bond donors (Lipinski definition) is 1. The van der Waals surface area contributed by atoms with Gasteiger partial charge in [-0.1, -0.05) is 0 Å². The number of aromatic nitrogens is 4.